The first-order valence-electron chi connectivity index (χ1n) is 7.62. The minimum Gasteiger partial charge on any atom is -0.505 e. The number of aryl methyl sites for hydroxylation is 2. The molecule has 152 valence electrons. The maximum Gasteiger partial charge on any atom is 0.524 e. The van der Waals surface area contributed by atoms with E-state index < -0.39 is 14.4 Å². The number of carbonyl (C=O) groups is 2. The summed E-state index contributed by atoms with van der Waals surface area (Å²) in [5.41, 5.74) is 1.03. The summed E-state index contributed by atoms with van der Waals surface area (Å²) in [5, 5.41) is 27.0. The van der Waals surface area contributed by atoms with Gasteiger partial charge in [0.15, 0.2) is 18.3 Å². The lowest BCUT2D eigenvalue weighted by molar-refractivity contribution is 0.111. The number of hydrogen-bond acceptors (Lipinski definition) is 9. The van der Waals surface area contributed by atoms with Crippen LogP contribution in [0.2, 0.25) is 0 Å². The Bertz CT molecular complexity index is 911. The molecule has 0 aliphatic rings. The van der Waals surface area contributed by atoms with Gasteiger partial charge in [-0.3, -0.25) is 29.3 Å². The number of phosphoric acid groups is 1. The third-order valence-corrected chi connectivity index (χ3v) is 3.90. The average Bonchev–Trinajstić information content (AvgIpc) is 2.64. The SMILES string of the molecule is Cc1ncc(CO)c(C=O)c1O.Cc1ncc(CO)c(C=O)c1OP(=O)(O)O. The van der Waals surface area contributed by atoms with E-state index in [1.165, 1.54) is 19.3 Å². The second-order valence-electron chi connectivity index (χ2n) is 5.38. The second kappa shape index (κ2) is 10.0. The van der Waals surface area contributed by atoms with Gasteiger partial charge >= 0.3 is 7.82 Å². The van der Waals surface area contributed by atoms with E-state index >= 15 is 0 Å². The molecule has 0 amide bonds. The minimum atomic E-state index is -4.77. The van der Waals surface area contributed by atoms with Crippen molar-refractivity contribution in [2.75, 3.05) is 0 Å². The number of aliphatic hydroxyl groups is 2. The van der Waals surface area contributed by atoms with Crippen molar-refractivity contribution < 1.29 is 43.8 Å². The van der Waals surface area contributed by atoms with Gasteiger partial charge in [0.25, 0.3) is 0 Å². The topological polar surface area (TPSA) is 187 Å². The summed E-state index contributed by atoms with van der Waals surface area (Å²) in [6.07, 6.45) is 3.48. The molecule has 0 spiro atoms. The summed E-state index contributed by atoms with van der Waals surface area (Å²) in [6.45, 7) is 2.25. The molecule has 0 aliphatic carbocycles. The summed E-state index contributed by atoms with van der Waals surface area (Å²) in [7, 11) is -4.77. The zero-order valence-electron chi connectivity index (χ0n) is 14.9. The van der Waals surface area contributed by atoms with Crippen LogP contribution in [0.3, 0.4) is 0 Å². The van der Waals surface area contributed by atoms with Crippen LogP contribution in [0.5, 0.6) is 11.5 Å². The number of aromatic nitrogens is 2. The maximum atomic E-state index is 10.8. The number of aldehydes is 2. The Morgan fingerprint density at radius 1 is 0.964 bits per heavy atom. The molecule has 0 aliphatic heterocycles. The van der Waals surface area contributed by atoms with Gasteiger partial charge in [0.05, 0.1) is 35.7 Å². The van der Waals surface area contributed by atoms with E-state index in [1.807, 2.05) is 0 Å². The van der Waals surface area contributed by atoms with Crippen LogP contribution in [-0.4, -0.2) is 47.6 Å². The number of nitrogens with zero attached hydrogens (tertiary/aromatic N) is 2. The van der Waals surface area contributed by atoms with Crippen molar-refractivity contribution in [3.8, 4) is 11.5 Å². The molecule has 0 fully saturated rings. The van der Waals surface area contributed by atoms with E-state index in [9.17, 15) is 19.3 Å². The van der Waals surface area contributed by atoms with Gasteiger partial charge in [-0.2, -0.15) is 0 Å². The molecule has 0 atom stereocenters. The van der Waals surface area contributed by atoms with Crippen LogP contribution >= 0.6 is 7.82 Å². The quantitative estimate of drug-likeness (QED) is 0.328. The third kappa shape index (κ3) is 5.91. The predicted octanol–water partition coefficient (Wildman–Crippen LogP) is 0.567. The smallest absolute Gasteiger partial charge is 0.505 e. The molecule has 0 aromatic carbocycles. The van der Waals surface area contributed by atoms with Gasteiger partial charge < -0.3 is 19.8 Å². The Hall–Kier alpha value is -2.69. The van der Waals surface area contributed by atoms with Crippen LogP contribution in [-0.2, 0) is 17.8 Å². The molecule has 2 heterocycles. The molecule has 0 saturated carbocycles. The van der Waals surface area contributed by atoms with Gasteiger partial charge in [0, 0.05) is 23.5 Å². The highest BCUT2D eigenvalue weighted by Gasteiger charge is 2.22. The van der Waals surface area contributed by atoms with Gasteiger partial charge in [-0.25, -0.2) is 4.57 Å². The normalized spacial score (nSPS) is 10.6. The van der Waals surface area contributed by atoms with Gasteiger partial charge in [-0.05, 0) is 13.8 Å². The van der Waals surface area contributed by atoms with Crippen molar-refractivity contribution in [1.82, 2.24) is 9.97 Å². The monoisotopic (exact) mass is 414 g/mol. The average molecular weight is 414 g/mol. The Labute approximate surface area is 159 Å². The highest BCUT2D eigenvalue weighted by molar-refractivity contribution is 7.46. The lowest BCUT2D eigenvalue weighted by Gasteiger charge is -2.12. The molecular formula is C16H19N2O9P. The van der Waals surface area contributed by atoms with Crippen molar-refractivity contribution >= 4 is 20.4 Å². The summed E-state index contributed by atoms with van der Waals surface area (Å²) >= 11 is 0. The summed E-state index contributed by atoms with van der Waals surface area (Å²) in [4.78, 5) is 46.1. The lowest BCUT2D eigenvalue weighted by Crippen LogP contribution is -2.03. The van der Waals surface area contributed by atoms with Crippen molar-refractivity contribution in [2.24, 2.45) is 0 Å². The van der Waals surface area contributed by atoms with E-state index in [0.717, 1.165) is 0 Å². The van der Waals surface area contributed by atoms with E-state index in [4.69, 9.17) is 20.0 Å². The Kier molecular flexibility index (Phi) is 8.35. The Balaban J connectivity index is 0.000000292. The summed E-state index contributed by atoms with van der Waals surface area (Å²) < 4.78 is 15.0. The summed E-state index contributed by atoms with van der Waals surface area (Å²) in [5.74, 6) is -0.466. The van der Waals surface area contributed by atoms with Crippen LogP contribution in [0.4, 0.5) is 0 Å². The molecule has 11 nitrogen and oxygen atoms in total. The van der Waals surface area contributed by atoms with E-state index in [0.29, 0.717) is 23.8 Å². The number of aliphatic hydroxyl groups excluding tert-OH is 2. The molecule has 0 saturated heterocycles. The van der Waals surface area contributed by atoms with Crippen LogP contribution in [0, 0.1) is 13.8 Å². The van der Waals surface area contributed by atoms with Crippen LogP contribution in [0.1, 0.15) is 43.2 Å². The molecule has 0 unspecified atom stereocenters. The fraction of sp³-hybridized carbons (Fsp3) is 0.250. The van der Waals surface area contributed by atoms with Gasteiger partial charge in [0.2, 0.25) is 0 Å². The first-order valence-corrected chi connectivity index (χ1v) is 9.15. The number of pyridine rings is 2. The van der Waals surface area contributed by atoms with Crippen molar-refractivity contribution in [3.63, 3.8) is 0 Å². The number of hydrogen-bond donors (Lipinski definition) is 5. The highest BCUT2D eigenvalue weighted by atomic mass is 31.2. The minimum absolute atomic E-state index is 0.113. The van der Waals surface area contributed by atoms with Gasteiger partial charge in [-0.15, -0.1) is 0 Å². The molecular weight excluding hydrogens is 395 g/mol. The number of rotatable bonds is 6. The molecule has 0 bridgehead atoms. The van der Waals surface area contributed by atoms with Gasteiger partial charge in [0.1, 0.15) is 5.75 Å². The van der Waals surface area contributed by atoms with E-state index in [2.05, 4.69) is 14.5 Å². The highest BCUT2D eigenvalue weighted by Crippen LogP contribution is 2.40. The predicted molar refractivity (Wildman–Crippen MR) is 94.9 cm³/mol. The Morgan fingerprint density at radius 2 is 1.43 bits per heavy atom. The first-order chi connectivity index (χ1) is 13.1. The van der Waals surface area contributed by atoms with Crippen molar-refractivity contribution in [3.05, 3.63) is 46.0 Å². The zero-order chi connectivity index (χ0) is 21.5. The number of aromatic hydroxyl groups is 1. The standard InChI is InChI=1S/C8H10NO6P.C8H9NO3/c1-5-8(15-16(12,13)14)7(4-11)6(3-10)2-9-5;1-5-8(12)7(4-11)6(3-10)2-9-5/h2,4,10H,3H2,1H3,(H2,12,13,14);2,4,10,12H,3H2,1H3. The van der Waals surface area contributed by atoms with Crippen LogP contribution < -0.4 is 4.52 Å². The van der Waals surface area contributed by atoms with E-state index in [-0.39, 0.29) is 40.5 Å². The first kappa shape index (κ1) is 23.3. The molecule has 0 radical (unpaired) electrons. The van der Waals surface area contributed by atoms with Crippen LogP contribution in [0.15, 0.2) is 12.4 Å². The second-order valence-corrected chi connectivity index (χ2v) is 6.54. The molecule has 2 aromatic heterocycles. The molecule has 2 aromatic rings. The molecule has 28 heavy (non-hydrogen) atoms. The number of phosphoric ester groups is 1. The fourth-order valence-electron chi connectivity index (χ4n) is 2.04. The molecule has 12 heteroatoms. The summed E-state index contributed by atoms with van der Waals surface area (Å²) in [6, 6.07) is 0. The van der Waals surface area contributed by atoms with Crippen molar-refractivity contribution in [2.45, 2.75) is 27.1 Å². The Morgan fingerprint density at radius 3 is 1.86 bits per heavy atom. The van der Waals surface area contributed by atoms with Crippen LogP contribution in [0.25, 0.3) is 0 Å². The van der Waals surface area contributed by atoms with Crippen molar-refractivity contribution in [1.29, 1.82) is 0 Å². The third-order valence-electron chi connectivity index (χ3n) is 3.48. The maximum absolute atomic E-state index is 10.8. The fourth-order valence-corrected chi connectivity index (χ4v) is 2.51. The lowest BCUT2D eigenvalue weighted by atomic mass is 10.1. The zero-order valence-corrected chi connectivity index (χ0v) is 15.8. The molecule has 5 N–H and O–H groups in total. The van der Waals surface area contributed by atoms with Gasteiger partial charge in [-0.1, -0.05) is 0 Å². The largest absolute Gasteiger partial charge is 0.524 e. The van der Waals surface area contributed by atoms with E-state index in [1.54, 1.807) is 6.92 Å². The molecule has 2 rings (SSSR count). The number of carbonyl (C=O) groups excluding carboxylic acids is 2.